The lowest BCUT2D eigenvalue weighted by Crippen LogP contribution is -2.08. The number of hydrogen-bond donors (Lipinski definition) is 1. The van der Waals surface area contributed by atoms with Gasteiger partial charge in [0.25, 0.3) is 0 Å². The van der Waals surface area contributed by atoms with Crippen LogP contribution in [0.4, 0.5) is 5.82 Å². The van der Waals surface area contributed by atoms with E-state index >= 15 is 0 Å². The zero-order valence-electron chi connectivity index (χ0n) is 9.11. The second kappa shape index (κ2) is 6.02. The van der Waals surface area contributed by atoms with E-state index < -0.39 is 0 Å². The van der Waals surface area contributed by atoms with E-state index in [9.17, 15) is 0 Å². The maximum atomic E-state index is 5.81. The van der Waals surface area contributed by atoms with Gasteiger partial charge in [-0.05, 0) is 34.5 Å². The Balaban J connectivity index is 1.78. The lowest BCUT2D eigenvalue weighted by Gasteiger charge is -2.07. The lowest BCUT2D eigenvalue weighted by atomic mass is 10.4. The maximum Gasteiger partial charge on any atom is 0.140 e. The molecule has 90 valence electrons. The Bertz CT molecular complexity index is 472. The Hall–Kier alpha value is -1.07. The van der Waals surface area contributed by atoms with Gasteiger partial charge in [-0.1, -0.05) is 11.6 Å². The van der Waals surface area contributed by atoms with Crippen LogP contribution in [0.3, 0.4) is 0 Å². The van der Waals surface area contributed by atoms with Crippen LogP contribution < -0.4 is 5.32 Å². The molecule has 2 rings (SSSR count). The molecule has 0 amide bonds. The van der Waals surface area contributed by atoms with Gasteiger partial charge >= 0.3 is 0 Å². The van der Waals surface area contributed by atoms with Gasteiger partial charge in [0.15, 0.2) is 0 Å². The van der Waals surface area contributed by atoms with Gasteiger partial charge in [-0.15, -0.1) is 0 Å². The predicted octanol–water partition coefficient (Wildman–Crippen LogP) is 3.20. The highest BCUT2D eigenvalue weighted by Gasteiger charge is 2.01. The molecule has 0 spiro atoms. The fraction of sp³-hybridized carbons (Fsp3) is 0.273. The average Bonchev–Trinajstić information content (AvgIpc) is 2.79. The third kappa shape index (κ3) is 3.71. The third-order valence-corrected chi connectivity index (χ3v) is 3.03. The standard InChI is InChI=1S/C11H12BrClN4/c12-10-7-9(13)8-15-11(10)14-3-1-5-17-6-2-4-16-17/h2,4,6-8H,1,3,5H2,(H,14,15). The summed E-state index contributed by atoms with van der Waals surface area (Å²) in [6, 6.07) is 3.75. The summed E-state index contributed by atoms with van der Waals surface area (Å²) >= 11 is 9.22. The highest BCUT2D eigenvalue weighted by Crippen LogP contribution is 2.22. The SMILES string of the molecule is Clc1cnc(NCCCn2cccn2)c(Br)c1. The normalized spacial score (nSPS) is 10.5. The molecular weight excluding hydrogens is 304 g/mol. The number of anilines is 1. The molecule has 4 nitrogen and oxygen atoms in total. The Kier molecular flexibility index (Phi) is 4.39. The zero-order chi connectivity index (χ0) is 12.1. The predicted molar refractivity (Wildman–Crippen MR) is 72.3 cm³/mol. The summed E-state index contributed by atoms with van der Waals surface area (Å²) in [5.74, 6) is 0.815. The van der Waals surface area contributed by atoms with Crippen molar-refractivity contribution in [1.29, 1.82) is 0 Å². The quantitative estimate of drug-likeness (QED) is 0.862. The molecule has 0 radical (unpaired) electrons. The minimum atomic E-state index is 0.624. The highest BCUT2D eigenvalue weighted by molar-refractivity contribution is 9.10. The molecule has 0 aromatic carbocycles. The van der Waals surface area contributed by atoms with E-state index in [2.05, 4.69) is 31.3 Å². The van der Waals surface area contributed by atoms with Gasteiger partial charge in [0.2, 0.25) is 0 Å². The Morgan fingerprint density at radius 3 is 3.06 bits per heavy atom. The van der Waals surface area contributed by atoms with Crippen molar-refractivity contribution in [1.82, 2.24) is 14.8 Å². The summed E-state index contributed by atoms with van der Waals surface area (Å²) in [5.41, 5.74) is 0. The number of nitrogens with zero attached hydrogens (tertiary/aromatic N) is 3. The van der Waals surface area contributed by atoms with Crippen molar-refractivity contribution in [2.75, 3.05) is 11.9 Å². The summed E-state index contributed by atoms with van der Waals surface area (Å²) in [6.45, 7) is 1.73. The summed E-state index contributed by atoms with van der Waals surface area (Å²) in [5, 5.41) is 8.01. The minimum Gasteiger partial charge on any atom is -0.369 e. The average molecular weight is 316 g/mol. The van der Waals surface area contributed by atoms with E-state index in [1.165, 1.54) is 0 Å². The monoisotopic (exact) mass is 314 g/mol. The first-order valence-electron chi connectivity index (χ1n) is 5.28. The summed E-state index contributed by atoms with van der Waals surface area (Å²) in [6.07, 6.45) is 6.35. The molecule has 0 aliphatic carbocycles. The van der Waals surface area contributed by atoms with Crippen LogP contribution in [0, 0.1) is 0 Å². The number of halogens is 2. The van der Waals surface area contributed by atoms with Crippen molar-refractivity contribution in [3.63, 3.8) is 0 Å². The van der Waals surface area contributed by atoms with Crippen LogP contribution in [-0.4, -0.2) is 21.3 Å². The fourth-order valence-corrected chi connectivity index (χ4v) is 2.20. The number of hydrogen-bond acceptors (Lipinski definition) is 3. The molecule has 1 N–H and O–H groups in total. The number of rotatable bonds is 5. The second-order valence-electron chi connectivity index (χ2n) is 3.53. The number of nitrogens with one attached hydrogen (secondary N) is 1. The molecular formula is C11H12BrClN4. The summed E-state index contributed by atoms with van der Waals surface area (Å²) in [4.78, 5) is 4.20. The first kappa shape index (κ1) is 12.4. The van der Waals surface area contributed by atoms with E-state index in [0.29, 0.717) is 5.02 Å². The van der Waals surface area contributed by atoms with E-state index in [0.717, 1.165) is 29.8 Å². The third-order valence-electron chi connectivity index (χ3n) is 2.22. The van der Waals surface area contributed by atoms with Gasteiger partial charge in [0.1, 0.15) is 5.82 Å². The van der Waals surface area contributed by atoms with Crippen molar-refractivity contribution in [2.24, 2.45) is 0 Å². The van der Waals surface area contributed by atoms with E-state index in [1.54, 1.807) is 12.4 Å². The van der Waals surface area contributed by atoms with Crippen molar-refractivity contribution >= 4 is 33.3 Å². The van der Waals surface area contributed by atoms with Gasteiger partial charge in [0.05, 0.1) is 9.50 Å². The molecule has 0 saturated carbocycles. The van der Waals surface area contributed by atoms with E-state index in [1.807, 2.05) is 23.0 Å². The van der Waals surface area contributed by atoms with Crippen molar-refractivity contribution in [3.05, 3.63) is 40.2 Å². The highest BCUT2D eigenvalue weighted by atomic mass is 79.9. The number of pyridine rings is 1. The minimum absolute atomic E-state index is 0.624. The van der Waals surface area contributed by atoms with Crippen molar-refractivity contribution < 1.29 is 0 Å². The summed E-state index contributed by atoms with van der Waals surface area (Å²) < 4.78 is 2.79. The molecule has 0 fully saturated rings. The van der Waals surface area contributed by atoms with Gasteiger partial charge in [0, 0.05) is 31.7 Å². The molecule has 0 aliphatic heterocycles. The fourth-order valence-electron chi connectivity index (χ4n) is 1.43. The Labute approximate surface area is 113 Å². The summed E-state index contributed by atoms with van der Waals surface area (Å²) in [7, 11) is 0. The Morgan fingerprint density at radius 2 is 2.35 bits per heavy atom. The van der Waals surface area contributed by atoms with Crippen LogP contribution in [0.5, 0.6) is 0 Å². The molecule has 6 heteroatoms. The van der Waals surface area contributed by atoms with Crippen LogP contribution in [0.1, 0.15) is 6.42 Å². The van der Waals surface area contributed by atoms with Crippen LogP contribution in [0.25, 0.3) is 0 Å². The molecule has 0 bridgehead atoms. The molecule has 0 atom stereocenters. The molecule has 0 aliphatic rings. The maximum absolute atomic E-state index is 5.81. The van der Waals surface area contributed by atoms with Gasteiger partial charge < -0.3 is 5.32 Å². The van der Waals surface area contributed by atoms with Gasteiger partial charge in [-0.3, -0.25) is 4.68 Å². The largest absolute Gasteiger partial charge is 0.369 e. The zero-order valence-corrected chi connectivity index (χ0v) is 11.4. The second-order valence-corrected chi connectivity index (χ2v) is 4.82. The Morgan fingerprint density at radius 1 is 1.47 bits per heavy atom. The van der Waals surface area contributed by atoms with Crippen LogP contribution >= 0.6 is 27.5 Å². The molecule has 17 heavy (non-hydrogen) atoms. The van der Waals surface area contributed by atoms with E-state index in [4.69, 9.17) is 11.6 Å². The van der Waals surface area contributed by atoms with Crippen molar-refractivity contribution in [2.45, 2.75) is 13.0 Å². The molecule has 2 aromatic heterocycles. The molecule has 2 aromatic rings. The van der Waals surface area contributed by atoms with Crippen LogP contribution in [-0.2, 0) is 6.54 Å². The lowest BCUT2D eigenvalue weighted by molar-refractivity contribution is 0.591. The molecule has 2 heterocycles. The van der Waals surface area contributed by atoms with Crippen LogP contribution in [0.2, 0.25) is 5.02 Å². The topological polar surface area (TPSA) is 42.7 Å². The van der Waals surface area contributed by atoms with Crippen LogP contribution in [0.15, 0.2) is 35.2 Å². The molecule has 0 unspecified atom stereocenters. The first-order valence-corrected chi connectivity index (χ1v) is 6.45. The number of aromatic nitrogens is 3. The first-order chi connectivity index (χ1) is 8.25. The van der Waals surface area contributed by atoms with Gasteiger partial charge in [-0.2, -0.15) is 5.10 Å². The van der Waals surface area contributed by atoms with E-state index in [-0.39, 0.29) is 0 Å². The van der Waals surface area contributed by atoms with Crippen molar-refractivity contribution in [3.8, 4) is 0 Å². The number of aryl methyl sites for hydroxylation is 1. The smallest absolute Gasteiger partial charge is 0.140 e. The van der Waals surface area contributed by atoms with Gasteiger partial charge in [-0.25, -0.2) is 4.98 Å². The molecule has 0 saturated heterocycles.